The molecular weight excluding hydrogens is 268 g/mol. The van der Waals surface area contributed by atoms with Crippen LogP contribution in [0, 0.1) is 13.8 Å². The minimum atomic E-state index is -0.804. The number of aliphatic hydroxyl groups is 1. The van der Waals surface area contributed by atoms with Crippen molar-refractivity contribution < 1.29 is 15.0 Å². The average molecular weight is 290 g/mol. The first-order valence-corrected chi connectivity index (χ1v) is 7.32. The van der Waals surface area contributed by atoms with Gasteiger partial charge in [0, 0.05) is 19.6 Å². The lowest BCUT2D eigenvalue weighted by Gasteiger charge is -2.08. The molecule has 0 radical (unpaired) electrons. The van der Waals surface area contributed by atoms with Crippen LogP contribution in [0.2, 0.25) is 0 Å². The van der Waals surface area contributed by atoms with Gasteiger partial charge in [0.05, 0.1) is 17.5 Å². The Balaban J connectivity index is 2.39. The van der Waals surface area contributed by atoms with Gasteiger partial charge in [-0.1, -0.05) is 0 Å². The molecular formula is C16H22N2O3. The number of carboxylic acids is 1. The standard InChI is InChI=1S/C16H22N2O3/c1-11-9-13-14(10-12(11)2)18(7-6-16(20)21)15(17-13)5-3-4-8-19/h9-10,19H,3-8H2,1-2H3,(H,20,21). The first-order chi connectivity index (χ1) is 10.0. The van der Waals surface area contributed by atoms with Crippen LogP contribution < -0.4 is 0 Å². The lowest BCUT2D eigenvalue weighted by atomic mass is 10.1. The molecule has 0 amide bonds. The van der Waals surface area contributed by atoms with E-state index in [1.165, 1.54) is 11.1 Å². The minimum Gasteiger partial charge on any atom is -0.481 e. The summed E-state index contributed by atoms with van der Waals surface area (Å²) in [5.41, 5.74) is 4.29. The largest absolute Gasteiger partial charge is 0.481 e. The Morgan fingerprint density at radius 1 is 1.24 bits per heavy atom. The van der Waals surface area contributed by atoms with Crippen molar-refractivity contribution >= 4 is 17.0 Å². The van der Waals surface area contributed by atoms with Crippen molar-refractivity contribution in [2.75, 3.05) is 6.61 Å². The van der Waals surface area contributed by atoms with E-state index >= 15 is 0 Å². The summed E-state index contributed by atoms with van der Waals surface area (Å²) < 4.78 is 2.01. The molecule has 0 unspecified atom stereocenters. The van der Waals surface area contributed by atoms with Gasteiger partial charge in [0.1, 0.15) is 5.82 Å². The van der Waals surface area contributed by atoms with Crippen LogP contribution in [-0.2, 0) is 17.8 Å². The predicted octanol–water partition coefficient (Wildman–Crippen LogP) is 2.44. The second kappa shape index (κ2) is 6.72. The average Bonchev–Trinajstić information content (AvgIpc) is 2.74. The second-order valence-electron chi connectivity index (χ2n) is 5.43. The molecule has 0 saturated carbocycles. The van der Waals surface area contributed by atoms with Crippen LogP contribution in [-0.4, -0.2) is 32.3 Å². The number of hydrogen-bond donors (Lipinski definition) is 2. The van der Waals surface area contributed by atoms with Crippen LogP contribution in [0.25, 0.3) is 11.0 Å². The highest BCUT2D eigenvalue weighted by Gasteiger charge is 2.12. The third-order valence-corrected chi connectivity index (χ3v) is 3.80. The summed E-state index contributed by atoms with van der Waals surface area (Å²) in [6.07, 6.45) is 2.43. The zero-order valence-corrected chi connectivity index (χ0v) is 12.6. The molecule has 0 aliphatic rings. The molecule has 5 nitrogen and oxygen atoms in total. The van der Waals surface area contributed by atoms with E-state index in [1.54, 1.807) is 0 Å². The topological polar surface area (TPSA) is 75.4 Å². The van der Waals surface area contributed by atoms with Crippen molar-refractivity contribution in [3.63, 3.8) is 0 Å². The van der Waals surface area contributed by atoms with E-state index in [1.807, 2.05) is 4.57 Å². The first kappa shape index (κ1) is 15.5. The van der Waals surface area contributed by atoms with Gasteiger partial charge >= 0.3 is 5.97 Å². The van der Waals surface area contributed by atoms with E-state index in [0.717, 1.165) is 36.1 Å². The fourth-order valence-corrected chi connectivity index (χ4v) is 2.47. The van der Waals surface area contributed by atoms with Crippen molar-refractivity contribution in [1.29, 1.82) is 0 Å². The van der Waals surface area contributed by atoms with E-state index in [4.69, 9.17) is 10.2 Å². The van der Waals surface area contributed by atoms with Crippen molar-refractivity contribution in [3.05, 3.63) is 29.1 Å². The summed E-state index contributed by atoms with van der Waals surface area (Å²) in [6.45, 7) is 4.71. The fraction of sp³-hybridized carbons (Fsp3) is 0.500. The third-order valence-electron chi connectivity index (χ3n) is 3.80. The zero-order chi connectivity index (χ0) is 15.4. The maximum Gasteiger partial charge on any atom is 0.305 e. The Labute approximate surface area is 124 Å². The number of carboxylic acid groups (broad SMARTS) is 1. The number of nitrogens with zero attached hydrogens (tertiary/aromatic N) is 2. The number of hydrogen-bond acceptors (Lipinski definition) is 3. The SMILES string of the molecule is Cc1cc2nc(CCCCO)n(CCC(=O)O)c2cc1C. The molecule has 2 N–H and O–H groups in total. The number of aliphatic hydroxyl groups excluding tert-OH is 1. The first-order valence-electron chi connectivity index (χ1n) is 7.32. The number of aliphatic carboxylic acids is 1. The van der Waals surface area contributed by atoms with Crippen LogP contribution >= 0.6 is 0 Å². The summed E-state index contributed by atoms with van der Waals surface area (Å²) in [5.74, 6) is 0.103. The Bertz CT molecular complexity index is 646. The Morgan fingerprint density at radius 2 is 1.95 bits per heavy atom. The maximum atomic E-state index is 10.9. The summed E-state index contributed by atoms with van der Waals surface area (Å²) in [6, 6.07) is 4.13. The van der Waals surface area contributed by atoms with Gasteiger partial charge in [-0.3, -0.25) is 4.79 Å². The molecule has 0 saturated heterocycles. The van der Waals surface area contributed by atoms with Gasteiger partial charge < -0.3 is 14.8 Å². The van der Waals surface area contributed by atoms with Crippen LogP contribution in [0.4, 0.5) is 0 Å². The number of rotatable bonds is 7. The van der Waals surface area contributed by atoms with E-state index < -0.39 is 5.97 Å². The second-order valence-corrected chi connectivity index (χ2v) is 5.43. The molecule has 0 aliphatic heterocycles. The number of unbranched alkanes of at least 4 members (excludes halogenated alkanes) is 1. The molecule has 2 aromatic rings. The highest BCUT2D eigenvalue weighted by atomic mass is 16.4. The number of aryl methyl sites for hydroxylation is 4. The summed E-state index contributed by atoms with van der Waals surface area (Å²) in [4.78, 5) is 15.5. The van der Waals surface area contributed by atoms with Crippen molar-refractivity contribution in [2.45, 2.75) is 46.1 Å². The fourth-order valence-electron chi connectivity index (χ4n) is 2.47. The molecule has 1 aromatic carbocycles. The van der Waals surface area contributed by atoms with Gasteiger partial charge in [-0.05, 0) is 49.9 Å². The van der Waals surface area contributed by atoms with Crippen LogP contribution in [0.15, 0.2) is 12.1 Å². The predicted molar refractivity (Wildman–Crippen MR) is 81.5 cm³/mol. The van der Waals surface area contributed by atoms with Gasteiger partial charge in [0.15, 0.2) is 0 Å². The summed E-state index contributed by atoms with van der Waals surface area (Å²) in [7, 11) is 0. The van der Waals surface area contributed by atoms with Crippen molar-refractivity contribution in [2.24, 2.45) is 0 Å². The smallest absolute Gasteiger partial charge is 0.305 e. The molecule has 21 heavy (non-hydrogen) atoms. The lowest BCUT2D eigenvalue weighted by molar-refractivity contribution is -0.137. The van der Waals surface area contributed by atoms with E-state index in [2.05, 4.69) is 31.0 Å². The Hall–Kier alpha value is -1.88. The van der Waals surface area contributed by atoms with E-state index in [9.17, 15) is 4.79 Å². The minimum absolute atomic E-state index is 0.0887. The van der Waals surface area contributed by atoms with Gasteiger partial charge in [-0.25, -0.2) is 4.98 Å². The highest BCUT2D eigenvalue weighted by molar-refractivity contribution is 5.78. The van der Waals surface area contributed by atoms with Crippen molar-refractivity contribution in [3.8, 4) is 0 Å². The molecule has 1 heterocycles. The monoisotopic (exact) mass is 290 g/mol. The summed E-state index contributed by atoms with van der Waals surface area (Å²) >= 11 is 0. The highest BCUT2D eigenvalue weighted by Crippen LogP contribution is 2.22. The maximum absolute atomic E-state index is 10.9. The molecule has 1 aromatic heterocycles. The number of imidazole rings is 1. The van der Waals surface area contributed by atoms with E-state index in [-0.39, 0.29) is 13.0 Å². The molecule has 2 rings (SSSR count). The number of aromatic nitrogens is 2. The van der Waals surface area contributed by atoms with Gasteiger partial charge in [0.2, 0.25) is 0 Å². The summed E-state index contributed by atoms with van der Waals surface area (Å²) in [5, 5.41) is 17.8. The molecule has 114 valence electrons. The van der Waals surface area contributed by atoms with Crippen molar-refractivity contribution in [1.82, 2.24) is 9.55 Å². The molecule has 0 aliphatic carbocycles. The molecule has 0 fully saturated rings. The number of carbonyl (C=O) groups is 1. The van der Waals surface area contributed by atoms with Gasteiger partial charge in [-0.2, -0.15) is 0 Å². The molecule has 0 atom stereocenters. The van der Waals surface area contributed by atoms with Gasteiger partial charge in [0.25, 0.3) is 0 Å². The molecule has 0 spiro atoms. The molecule has 0 bridgehead atoms. The quantitative estimate of drug-likeness (QED) is 0.768. The Morgan fingerprint density at radius 3 is 2.62 bits per heavy atom. The molecule has 5 heteroatoms. The third kappa shape index (κ3) is 3.61. The normalized spacial score (nSPS) is 11.2. The van der Waals surface area contributed by atoms with Crippen LogP contribution in [0.1, 0.15) is 36.2 Å². The van der Waals surface area contributed by atoms with Crippen LogP contribution in [0.5, 0.6) is 0 Å². The van der Waals surface area contributed by atoms with E-state index in [0.29, 0.717) is 6.54 Å². The Kier molecular flexibility index (Phi) is 4.96. The van der Waals surface area contributed by atoms with Crippen LogP contribution in [0.3, 0.4) is 0 Å². The lowest BCUT2D eigenvalue weighted by Crippen LogP contribution is -2.08. The van der Waals surface area contributed by atoms with Gasteiger partial charge in [-0.15, -0.1) is 0 Å². The number of benzene rings is 1. The zero-order valence-electron chi connectivity index (χ0n) is 12.6. The number of fused-ring (bicyclic) bond motifs is 1.